The molecule has 0 saturated heterocycles. The summed E-state index contributed by atoms with van der Waals surface area (Å²) in [7, 11) is 3.17. The van der Waals surface area contributed by atoms with Gasteiger partial charge < -0.3 is 19.1 Å². The van der Waals surface area contributed by atoms with E-state index in [1.54, 1.807) is 44.8 Å². The third-order valence-corrected chi connectivity index (χ3v) is 4.61. The second-order valence-electron chi connectivity index (χ2n) is 7.74. The van der Waals surface area contributed by atoms with Gasteiger partial charge in [0, 0.05) is 35.5 Å². The number of allylic oxidation sites excluding steroid dienone is 3. The number of benzene rings is 1. The summed E-state index contributed by atoms with van der Waals surface area (Å²) in [6.07, 6.45) is 7.67. The first-order valence-corrected chi connectivity index (χ1v) is 9.62. The first-order chi connectivity index (χ1) is 13.6. The van der Waals surface area contributed by atoms with Crippen LogP contribution in [0.1, 0.15) is 45.7 Å². The fourth-order valence-electron chi connectivity index (χ4n) is 3.19. The Morgan fingerprint density at radius 2 is 1.76 bits per heavy atom. The van der Waals surface area contributed by atoms with E-state index in [4.69, 9.17) is 9.47 Å². The maximum Gasteiger partial charge on any atom is 0.251 e. The van der Waals surface area contributed by atoms with Gasteiger partial charge in [0.05, 0.1) is 19.8 Å². The predicted molar refractivity (Wildman–Crippen MR) is 119 cm³/mol. The molecule has 5 heteroatoms. The van der Waals surface area contributed by atoms with Crippen molar-refractivity contribution < 1.29 is 14.6 Å². The molecule has 0 spiro atoms. The minimum absolute atomic E-state index is 0.0709. The molecular weight excluding hydrogens is 366 g/mol. The van der Waals surface area contributed by atoms with Crippen molar-refractivity contribution in [3.63, 3.8) is 0 Å². The smallest absolute Gasteiger partial charge is 0.251 e. The third kappa shape index (κ3) is 5.18. The van der Waals surface area contributed by atoms with Gasteiger partial charge >= 0.3 is 0 Å². The van der Waals surface area contributed by atoms with Crippen LogP contribution in [0.15, 0.2) is 46.9 Å². The summed E-state index contributed by atoms with van der Waals surface area (Å²) in [5.41, 5.74) is 3.00. The van der Waals surface area contributed by atoms with Crippen molar-refractivity contribution in [1.29, 1.82) is 0 Å². The van der Waals surface area contributed by atoms with Crippen LogP contribution >= 0.6 is 0 Å². The van der Waals surface area contributed by atoms with Crippen LogP contribution < -0.4 is 15.0 Å². The number of aliphatic hydroxyl groups is 1. The summed E-state index contributed by atoms with van der Waals surface area (Å²) in [6, 6.07) is 5.29. The average molecular weight is 398 g/mol. The number of hydrogen-bond acceptors (Lipinski definition) is 4. The molecule has 0 aliphatic rings. The lowest BCUT2D eigenvalue weighted by Crippen LogP contribution is -2.19. The summed E-state index contributed by atoms with van der Waals surface area (Å²) < 4.78 is 12.9. The molecule has 29 heavy (non-hydrogen) atoms. The van der Waals surface area contributed by atoms with Crippen molar-refractivity contribution in [2.45, 2.75) is 46.8 Å². The van der Waals surface area contributed by atoms with Crippen LogP contribution in [0.5, 0.6) is 11.5 Å². The van der Waals surface area contributed by atoms with E-state index in [9.17, 15) is 9.90 Å². The first kappa shape index (κ1) is 22.5. The summed E-state index contributed by atoms with van der Waals surface area (Å²) >= 11 is 0. The SMILES string of the molecule is C/C=C/Cn1cc(-c2cc(OC)c(C(C)(C)O)cc2OC)c(C=C(C)C)cc1=O. The van der Waals surface area contributed by atoms with Gasteiger partial charge in [0.15, 0.2) is 0 Å². The van der Waals surface area contributed by atoms with Crippen molar-refractivity contribution in [1.82, 2.24) is 4.57 Å². The second-order valence-corrected chi connectivity index (χ2v) is 7.74. The maximum absolute atomic E-state index is 12.6. The Morgan fingerprint density at radius 1 is 1.10 bits per heavy atom. The fraction of sp³-hybridized carbons (Fsp3) is 0.375. The molecule has 0 aliphatic carbocycles. The lowest BCUT2D eigenvalue weighted by Gasteiger charge is -2.23. The maximum atomic E-state index is 12.6. The minimum Gasteiger partial charge on any atom is -0.496 e. The Bertz CT molecular complexity index is 987. The molecule has 0 amide bonds. The number of rotatable bonds is 7. The van der Waals surface area contributed by atoms with E-state index in [1.165, 1.54) is 0 Å². The van der Waals surface area contributed by atoms with Crippen molar-refractivity contribution in [3.8, 4) is 22.6 Å². The van der Waals surface area contributed by atoms with Crippen LogP contribution in [0.4, 0.5) is 0 Å². The summed E-state index contributed by atoms with van der Waals surface area (Å²) in [5, 5.41) is 10.5. The van der Waals surface area contributed by atoms with Crippen LogP contribution in [-0.4, -0.2) is 23.9 Å². The van der Waals surface area contributed by atoms with Crippen molar-refractivity contribution >= 4 is 6.08 Å². The van der Waals surface area contributed by atoms with Gasteiger partial charge in [0.2, 0.25) is 0 Å². The van der Waals surface area contributed by atoms with Gasteiger partial charge in [-0.3, -0.25) is 4.79 Å². The third-order valence-electron chi connectivity index (χ3n) is 4.61. The monoisotopic (exact) mass is 397 g/mol. The topological polar surface area (TPSA) is 60.7 Å². The molecule has 0 unspecified atom stereocenters. The van der Waals surface area contributed by atoms with Crippen molar-refractivity contribution in [2.75, 3.05) is 14.2 Å². The van der Waals surface area contributed by atoms with Gasteiger partial charge in [-0.05, 0) is 52.3 Å². The molecule has 0 bridgehead atoms. The Balaban J connectivity index is 2.86. The van der Waals surface area contributed by atoms with Gasteiger partial charge in [0.25, 0.3) is 5.56 Å². The highest BCUT2D eigenvalue weighted by Gasteiger charge is 2.25. The normalized spacial score (nSPS) is 11.6. The standard InChI is InChI=1S/C24H31NO4/c1-8-9-10-25-15-19(17(11-16(2)3)12-23(25)26)18-13-22(29-7)20(24(4,5)27)14-21(18)28-6/h8-9,11-15,27H,10H2,1-7H3/b9-8+. The number of hydrogen-bond donors (Lipinski definition) is 1. The zero-order chi connectivity index (χ0) is 21.8. The zero-order valence-corrected chi connectivity index (χ0v) is 18.4. The van der Waals surface area contributed by atoms with E-state index in [0.29, 0.717) is 23.6 Å². The van der Waals surface area contributed by atoms with E-state index in [-0.39, 0.29) is 5.56 Å². The Labute approximate surface area is 172 Å². The second kappa shape index (κ2) is 9.14. The predicted octanol–water partition coefficient (Wildman–Crippen LogP) is 4.76. The highest BCUT2D eigenvalue weighted by atomic mass is 16.5. The molecule has 1 heterocycles. The van der Waals surface area contributed by atoms with Gasteiger partial charge in [0.1, 0.15) is 11.5 Å². The molecule has 0 fully saturated rings. The van der Waals surface area contributed by atoms with Gasteiger partial charge in [-0.15, -0.1) is 0 Å². The molecule has 2 rings (SSSR count). The van der Waals surface area contributed by atoms with Gasteiger partial charge in [-0.2, -0.15) is 0 Å². The Kier molecular flexibility index (Phi) is 7.09. The van der Waals surface area contributed by atoms with E-state index < -0.39 is 5.60 Å². The number of aromatic nitrogens is 1. The average Bonchev–Trinajstić information content (AvgIpc) is 2.65. The van der Waals surface area contributed by atoms with Crippen LogP contribution in [0.25, 0.3) is 17.2 Å². The van der Waals surface area contributed by atoms with Gasteiger partial charge in [-0.25, -0.2) is 0 Å². The molecule has 156 valence electrons. The van der Waals surface area contributed by atoms with E-state index in [2.05, 4.69) is 0 Å². The summed E-state index contributed by atoms with van der Waals surface area (Å²) in [6.45, 7) is 9.80. The van der Waals surface area contributed by atoms with E-state index in [1.807, 2.05) is 51.3 Å². The minimum atomic E-state index is -1.09. The molecule has 0 atom stereocenters. The van der Waals surface area contributed by atoms with Crippen molar-refractivity contribution in [3.05, 3.63) is 63.6 Å². The highest BCUT2D eigenvalue weighted by Crippen LogP contribution is 2.41. The quantitative estimate of drug-likeness (QED) is 0.685. The van der Waals surface area contributed by atoms with E-state index >= 15 is 0 Å². The number of nitrogens with zero attached hydrogens (tertiary/aromatic N) is 1. The molecule has 1 aromatic heterocycles. The fourth-order valence-corrected chi connectivity index (χ4v) is 3.19. The number of pyridine rings is 1. The molecular formula is C24H31NO4. The first-order valence-electron chi connectivity index (χ1n) is 9.62. The number of ether oxygens (including phenoxy) is 2. The molecule has 0 saturated carbocycles. The van der Waals surface area contributed by atoms with Crippen LogP contribution in [0.3, 0.4) is 0 Å². The molecule has 2 aromatic rings. The molecule has 0 radical (unpaired) electrons. The molecule has 1 N–H and O–H groups in total. The van der Waals surface area contributed by atoms with Crippen molar-refractivity contribution in [2.24, 2.45) is 0 Å². The zero-order valence-electron chi connectivity index (χ0n) is 18.4. The van der Waals surface area contributed by atoms with Gasteiger partial charge in [-0.1, -0.05) is 23.8 Å². The summed E-state index contributed by atoms with van der Waals surface area (Å²) in [5.74, 6) is 1.16. The number of methoxy groups -OCH3 is 2. The van der Waals surface area contributed by atoms with Crippen LogP contribution in [-0.2, 0) is 12.1 Å². The Morgan fingerprint density at radius 3 is 2.28 bits per heavy atom. The highest BCUT2D eigenvalue weighted by molar-refractivity contribution is 5.80. The largest absolute Gasteiger partial charge is 0.496 e. The Hall–Kier alpha value is -2.79. The molecule has 5 nitrogen and oxygen atoms in total. The lowest BCUT2D eigenvalue weighted by atomic mass is 9.92. The molecule has 0 aliphatic heterocycles. The van der Waals surface area contributed by atoms with E-state index in [0.717, 1.165) is 22.3 Å². The molecule has 1 aromatic carbocycles. The summed E-state index contributed by atoms with van der Waals surface area (Å²) in [4.78, 5) is 12.6. The lowest BCUT2D eigenvalue weighted by molar-refractivity contribution is 0.0754. The van der Waals surface area contributed by atoms with Crippen LogP contribution in [0.2, 0.25) is 0 Å². The van der Waals surface area contributed by atoms with Crippen LogP contribution in [0, 0.1) is 0 Å².